The maximum atomic E-state index is 13.6. The number of fused-ring (bicyclic) bond motifs is 1. The summed E-state index contributed by atoms with van der Waals surface area (Å²) in [5.74, 6) is 2.65. The maximum Gasteiger partial charge on any atom is 0.282 e. The van der Waals surface area contributed by atoms with Crippen LogP contribution in [0.15, 0.2) is 87.1 Å². The molecule has 5 aromatic rings. The number of hydrogen-bond acceptors (Lipinski definition) is 5. The molecule has 0 fully saturated rings. The molecule has 0 saturated carbocycles. The van der Waals surface area contributed by atoms with Gasteiger partial charge in [0, 0.05) is 16.1 Å². The van der Waals surface area contributed by atoms with Gasteiger partial charge in [0.2, 0.25) is 0 Å². The predicted octanol–water partition coefficient (Wildman–Crippen LogP) is 7.30. The molecule has 0 saturated heterocycles. The minimum atomic E-state index is -0.261. The second-order valence-electron chi connectivity index (χ2n) is 9.09. The van der Waals surface area contributed by atoms with Gasteiger partial charge in [0.15, 0.2) is 5.82 Å². The molecule has 37 heavy (non-hydrogen) atoms. The number of para-hydroxylation sites is 1. The van der Waals surface area contributed by atoms with Gasteiger partial charge in [-0.2, -0.15) is 9.78 Å². The summed E-state index contributed by atoms with van der Waals surface area (Å²) in [6, 6.07) is 22.3. The average Bonchev–Trinajstić information content (AvgIpc) is 3.37. The molecule has 0 atom stereocenters. The van der Waals surface area contributed by atoms with Crippen LogP contribution in [0.25, 0.3) is 33.6 Å². The average molecular weight is 512 g/mol. The first-order valence-corrected chi connectivity index (χ1v) is 12.3. The fourth-order valence-electron chi connectivity index (χ4n) is 4.28. The van der Waals surface area contributed by atoms with E-state index in [1.54, 1.807) is 13.2 Å². The Labute approximate surface area is 219 Å². The van der Waals surface area contributed by atoms with Crippen molar-refractivity contribution in [2.45, 2.75) is 26.7 Å². The predicted molar refractivity (Wildman–Crippen MR) is 149 cm³/mol. The SMILES string of the molecule is COc1cc(C)c(-c2nc3ccccc3c(=O)n2N=Cc2ccc(-c3ccc(Cl)cc3)o2)cc1C(C)C. The van der Waals surface area contributed by atoms with Crippen molar-refractivity contribution < 1.29 is 9.15 Å². The van der Waals surface area contributed by atoms with Crippen LogP contribution in [0.4, 0.5) is 0 Å². The van der Waals surface area contributed by atoms with Gasteiger partial charge in [-0.25, -0.2) is 4.98 Å². The first kappa shape index (κ1) is 24.5. The number of methoxy groups -OCH3 is 1. The molecule has 6 nitrogen and oxygen atoms in total. The molecule has 2 aromatic heterocycles. The lowest BCUT2D eigenvalue weighted by Gasteiger charge is -2.17. The van der Waals surface area contributed by atoms with Crippen LogP contribution >= 0.6 is 11.6 Å². The van der Waals surface area contributed by atoms with Gasteiger partial charge < -0.3 is 9.15 Å². The van der Waals surface area contributed by atoms with Gasteiger partial charge in [-0.1, -0.05) is 37.6 Å². The number of benzene rings is 3. The Morgan fingerprint density at radius 3 is 2.54 bits per heavy atom. The van der Waals surface area contributed by atoms with Gasteiger partial charge in [-0.15, -0.1) is 0 Å². The van der Waals surface area contributed by atoms with Gasteiger partial charge in [-0.3, -0.25) is 4.79 Å². The largest absolute Gasteiger partial charge is 0.496 e. The molecule has 0 spiro atoms. The zero-order chi connectivity index (χ0) is 26.1. The Kier molecular flexibility index (Phi) is 6.68. The highest BCUT2D eigenvalue weighted by Crippen LogP contribution is 2.34. The van der Waals surface area contributed by atoms with E-state index < -0.39 is 0 Å². The Morgan fingerprint density at radius 2 is 1.81 bits per heavy atom. The van der Waals surface area contributed by atoms with Crippen LogP contribution in [-0.4, -0.2) is 23.0 Å². The van der Waals surface area contributed by atoms with Crippen LogP contribution in [0.1, 0.15) is 36.7 Å². The number of aromatic nitrogens is 2. The first-order valence-electron chi connectivity index (χ1n) is 12.0. The number of aryl methyl sites for hydroxylation is 1. The van der Waals surface area contributed by atoms with Crippen LogP contribution in [0.3, 0.4) is 0 Å². The number of halogens is 1. The molecular weight excluding hydrogens is 486 g/mol. The summed E-state index contributed by atoms with van der Waals surface area (Å²) >= 11 is 6.00. The van der Waals surface area contributed by atoms with E-state index in [9.17, 15) is 4.79 Å². The fourth-order valence-corrected chi connectivity index (χ4v) is 4.40. The Balaban J connectivity index is 1.65. The second kappa shape index (κ2) is 10.1. The Bertz CT molecular complexity index is 1680. The van der Waals surface area contributed by atoms with Crippen molar-refractivity contribution in [2.24, 2.45) is 5.10 Å². The van der Waals surface area contributed by atoms with Crippen LogP contribution in [0.2, 0.25) is 5.02 Å². The highest BCUT2D eigenvalue weighted by Gasteiger charge is 2.18. The third kappa shape index (κ3) is 4.80. The van der Waals surface area contributed by atoms with Gasteiger partial charge in [0.1, 0.15) is 17.3 Å². The lowest BCUT2D eigenvalue weighted by Crippen LogP contribution is -2.20. The summed E-state index contributed by atoms with van der Waals surface area (Å²) in [6.45, 7) is 6.18. The van der Waals surface area contributed by atoms with Crippen molar-refractivity contribution >= 4 is 28.7 Å². The third-order valence-electron chi connectivity index (χ3n) is 6.25. The van der Waals surface area contributed by atoms with Gasteiger partial charge >= 0.3 is 0 Å². The summed E-state index contributed by atoms with van der Waals surface area (Å²) in [6.07, 6.45) is 1.53. The highest BCUT2D eigenvalue weighted by molar-refractivity contribution is 6.30. The van der Waals surface area contributed by atoms with E-state index in [0.29, 0.717) is 33.3 Å². The first-order chi connectivity index (χ1) is 17.9. The van der Waals surface area contributed by atoms with Crippen molar-refractivity contribution in [3.8, 4) is 28.5 Å². The minimum Gasteiger partial charge on any atom is -0.496 e. The lowest BCUT2D eigenvalue weighted by atomic mass is 9.96. The normalized spacial score (nSPS) is 11.6. The molecule has 0 radical (unpaired) electrons. The third-order valence-corrected chi connectivity index (χ3v) is 6.50. The number of ether oxygens (including phenoxy) is 1. The van der Waals surface area contributed by atoms with Crippen LogP contribution in [-0.2, 0) is 0 Å². The van der Waals surface area contributed by atoms with E-state index in [1.165, 1.54) is 10.9 Å². The van der Waals surface area contributed by atoms with Crippen molar-refractivity contribution in [1.82, 2.24) is 9.66 Å². The molecular formula is C30H26ClN3O3. The molecule has 0 aliphatic heterocycles. The van der Waals surface area contributed by atoms with E-state index in [2.05, 4.69) is 18.9 Å². The molecule has 2 heterocycles. The molecule has 0 amide bonds. The van der Waals surface area contributed by atoms with E-state index in [0.717, 1.165) is 28.0 Å². The number of nitrogens with zero attached hydrogens (tertiary/aromatic N) is 3. The van der Waals surface area contributed by atoms with Gasteiger partial charge in [-0.05, 0) is 84.6 Å². The second-order valence-corrected chi connectivity index (χ2v) is 9.52. The van der Waals surface area contributed by atoms with E-state index >= 15 is 0 Å². The topological polar surface area (TPSA) is 69.6 Å². The summed E-state index contributed by atoms with van der Waals surface area (Å²) < 4.78 is 12.9. The van der Waals surface area contributed by atoms with E-state index in [-0.39, 0.29) is 11.5 Å². The summed E-state index contributed by atoms with van der Waals surface area (Å²) in [4.78, 5) is 18.5. The molecule has 0 aliphatic rings. The zero-order valence-corrected chi connectivity index (χ0v) is 21.8. The minimum absolute atomic E-state index is 0.216. The molecule has 186 valence electrons. The Morgan fingerprint density at radius 1 is 1.05 bits per heavy atom. The molecule has 0 N–H and O–H groups in total. The molecule has 5 rings (SSSR count). The summed E-state index contributed by atoms with van der Waals surface area (Å²) in [7, 11) is 1.66. The van der Waals surface area contributed by atoms with Crippen LogP contribution in [0, 0.1) is 6.92 Å². The molecule has 7 heteroatoms. The summed E-state index contributed by atoms with van der Waals surface area (Å²) in [5, 5.41) is 5.69. The van der Waals surface area contributed by atoms with Crippen molar-refractivity contribution in [2.75, 3.05) is 7.11 Å². The highest BCUT2D eigenvalue weighted by atomic mass is 35.5. The number of furan rings is 1. The monoisotopic (exact) mass is 511 g/mol. The molecule has 0 aliphatic carbocycles. The van der Waals surface area contributed by atoms with E-state index in [4.69, 9.17) is 25.7 Å². The van der Waals surface area contributed by atoms with E-state index in [1.807, 2.05) is 73.7 Å². The van der Waals surface area contributed by atoms with Crippen molar-refractivity contribution in [1.29, 1.82) is 0 Å². The Hall–Kier alpha value is -4.16. The smallest absolute Gasteiger partial charge is 0.282 e. The van der Waals surface area contributed by atoms with Gasteiger partial charge in [0.25, 0.3) is 5.56 Å². The van der Waals surface area contributed by atoms with Crippen LogP contribution < -0.4 is 10.3 Å². The number of rotatable bonds is 6. The van der Waals surface area contributed by atoms with Crippen LogP contribution in [0.5, 0.6) is 5.75 Å². The standard InChI is InChI=1S/C30H26ClN3O3/c1-18(2)24-16-25(19(3)15-28(24)36-4)29-33-26-8-6-5-7-23(26)30(35)34(29)32-17-22-13-14-27(37-22)20-9-11-21(31)12-10-20/h5-18H,1-4H3. The van der Waals surface area contributed by atoms with Crippen molar-refractivity contribution in [3.63, 3.8) is 0 Å². The van der Waals surface area contributed by atoms with Gasteiger partial charge in [0.05, 0.1) is 24.2 Å². The molecule has 0 bridgehead atoms. The zero-order valence-electron chi connectivity index (χ0n) is 21.0. The fraction of sp³-hybridized carbons (Fsp3) is 0.167. The molecule has 3 aromatic carbocycles. The molecule has 0 unspecified atom stereocenters. The quantitative estimate of drug-likeness (QED) is 0.224. The lowest BCUT2D eigenvalue weighted by molar-refractivity contribution is 0.407. The van der Waals surface area contributed by atoms with Crippen molar-refractivity contribution in [3.05, 3.63) is 105 Å². The maximum absolute atomic E-state index is 13.6. The summed E-state index contributed by atoms with van der Waals surface area (Å²) in [5.41, 5.74) is 4.01. The number of hydrogen-bond donors (Lipinski definition) is 0.